The number of hydrogen-bond donors (Lipinski definition) is 1. The monoisotopic (exact) mass is 380 g/mol. The molecule has 4 heteroatoms. The fourth-order valence-electron chi connectivity index (χ4n) is 4.40. The van der Waals surface area contributed by atoms with Gasteiger partial charge in [-0.1, -0.05) is 30.3 Å². The molecule has 0 amide bonds. The second-order valence-electron chi connectivity index (χ2n) is 7.98. The van der Waals surface area contributed by atoms with Crippen LogP contribution in [0, 0.1) is 0 Å². The van der Waals surface area contributed by atoms with Crippen LogP contribution >= 0.6 is 0 Å². The number of nitrogens with zero attached hydrogens (tertiary/aromatic N) is 1. The van der Waals surface area contributed by atoms with Gasteiger partial charge in [0.1, 0.15) is 0 Å². The number of nitrogens with one attached hydrogen (secondary N) is 1. The maximum absolute atomic E-state index is 6.29. The van der Waals surface area contributed by atoms with E-state index in [2.05, 4.69) is 58.7 Å². The molecule has 2 fully saturated rings. The first kappa shape index (κ1) is 19.1. The van der Waals surface area contributed by atoms with Crippen LogP contribution in [-0.2, 0) is 6.42 Å². The zero-order valence-corrected chi connectivity index (χ0v) is 16.9. The van der Waals surface area contributed by atoms with Gasteiger partial charge in [-0.3, -0.25) is 0 Å². The molecule has 1 atom stereocenters. The zero-order valence-electron chi connectivity index (χ0n) is 16.9. The molecule has 1 N–H and O–H groups in total. The van der Waals surface area contributed by atoms with E-state index in [0.29, 0.717) is 12.1 Å². The van der Waals surface area contributed by atoms with Crippen LogP contribution in [0.5, 0.6) is 11.5 Å². The number of ether oxygens (including phenoxy) is 2. The third-order valence-corrected chi connectivity index (χ3v) is 6.00. The molecule has 1 aliphatic carbocycles. The van der Waals surface area contributed by atoms with Crippen LogP contribution in [-0.4, -0.2) is 38.9 Å². The molecule has 28 heavy (non-hydrogen) atoms. The molecule has 0 spiro atoms. The van der Waals surface area contributed by atoms with Crippen LogP contribution in [0.25, 0.3) is 0 Å². The summed E-state index contributed by atoms with van der Waals surface area (Å²) in [6, 6.07) is 17.7. The Morgan fingerprint density at radius 3 is 2.57 bits per heavy atom. The fraction of sp³-hybridized carbons (Fsp3) is 0.500. The molecule has 0 bridgehead atoms. The van der Waals surface area contributed by atoms with Crippen molar-refractivity contribution in [2.75, 3.05) is 31.6 Å². The van der Waals surface area contributed by atoms with Crippen molar-refractivity contribution < 1.29 is 9.47 Å². The van der Waals surface area contributed by atoms with Gasteiger partial charge in [0.2, 0.25) is 0 Å². The molecule has 2 aliphatic rings. The lowest BCUT2D eigenvalue weighted by atomic mass is 10.0. The number of anilines is 1. The van der Waals surface area contributed by atoms with E-state index in [-0.39, 0.29) is 0 Å². The van der Waals surface area contributed by atoms with E-state index in [1.54, 1.807) is 7.11 Å². The van der Waals surface area contributed by atoms with E-state index in [4.69, 9.17) is 9.47 Å². The molecule has 2 aromatic rings. The van der Waals surface area contributed by atoms with Gasteiger partial charge in [0, 0.05) is 37.4 Å². The van der Waals surface area contributed by atoms with E-state index in [9.17, 15) is 0 Å². The first-order valence-electron chi connectivity index (χ1n) is 10.7. The lowest BCUT2D eigenvalue weighted by molar-refractivity contribution is 0.201. The summed E-state index contributed by atoms with van der Waals surface area (Å²) in [7, 11) is 1.72. The summed E-state index contributed by atoms with van der Waals surface area (Å²) in [6.45, 7) is 3.07. The summed E-state index contributed by atoms with van der Waals surface area (Å²) < 4.78 is 11.8. The average Bonchev–Trinajstić information content (AvgIpc) is 3.13. The zero-order chi connectivity index (χ0) is 19.2. The second-order valence-corrected chi connectivity index (χ2v) is 7.98. The lowest BCUT2D eigenvalue weighted by Gasteiger charge is -2.24. The van der Waals surface area contributed by atoms with Gasteiger partial charge in [-0.25, -0.2) is 0 Å². The van der Waals surface area contributed by atoms with E-state index < -0.39 is 0 Å². The summed E-state index contributed by atoms with van der Waals surface area (Å²) >= 11 is 0. The Kier molecular flexibility index (Phi) is 6.38. The van der Waals surface area contributed by atoms with E-state index in [1.165, 1.54) is 24.1 Å². The minimum absolute atomic E-state index is 0.338. The molecule has 0 unspecified atom stereocenters. The molecule has 4 rings (SSSR count). The number of hydrogen-bond acceptors (Lipinski definition) is 4. The van der Waals surface area contributed by atoms with Crippen molar-refractivity contribution in [3.05, 3.63) is 54.1 Å². The van der Waals surface area contributed by atoms with Gasteiger partial charge in [0.05, 0.1) is 13.2 Å². The standard InChI is InChI=1S/C24H32N2O2/c1-27-23-12-11-21(18-24(23)28-22-9-5-6-10-22)26-15-13-20(25-14-16-26)17-19-7-3-2-4-8-19/h2-4,7-8,11-12,18,20,22,25H,5-6,9-10,13-17H2,1H3/t20-/m0/s1. The topological polar surface area (TPSA) is 33.7 Å². The Hall–Kier alpha value is -2.20. The Morgan fingerprint density at radius 1 is 0.964 bits per heavy atom. The van der Waals surface area contributed by atoms with Crippen molar-refractivity contribution in [2.45, 2.75) is 50.7 Å². The first-order chi connectivity index (χ1) is 13.8. The molecular formula is C24H32N2O2. The summed E-state index contributed by atoms with van der Waals surface area (Å²) in [5.41, 5.74) is 2.64. The van der Waals surface area contributed by atoms with Crippen molar-refractivity contribution >= 4 is 5.69 Å². The largest absolute Gasteiger partial charge is 0.493 e. The Morgan fingerprint density at radius 2 is 1.79 bits per heavy atom. The fourth-order valence-corrected chi connectivity index (χ4v) is 4.40. The molecule has 2 aromatic carbocycles. The minimum Gasteiger partial charge on any atom is -0.493 e. The molecule has 0 radical (unpaired) electrons. The first-order valence-corrected chi connectivity index (χ1v) is 10.7. The number of benzene rings is 2. The van der Waals surface area contributed by atoms with Gasteiger partial charge in [-0.2, -0.15) is 0 Å². The summed E-state index contributed by atoms with van der Waals surface area (Å²) in [5.74, 6) is 1.73. The summed E-state index contributed by atoms with van der Waals surface area (Å²) in [4.78, 5) is 2.47. The Labute approximate surface area is 168 Å². The molecule has 150 valence electrons. The molecule has 0 aromatic heterocycles. The SMILES string of the molecule is COc1ccc(N2CCN[C@H](Cc3ccccc3)CC2)cc1OC1CCCC1. The van der Waals surface area contributed by atoms with Crippen LogP contribution < -0.4 is 19.7 Å². The van der Waals surface area contributed by atoms with Gasteiger partial charge in [-0.15, -0.1) is 0 Å². The number of methoxy groups -OCH3 is 1. The lowest BCUT2D eigenvalue weighted by Crippen LogP contribution is -2.32. The molecule has 4 nitrogen and oxygen atoms in total. The van der Waals surface area contributed by atoms with Crippen molar-refractivity contribution in [3.8, 4) is 11.5 Å². The molecule has 1 aliphatic heterocycles. The van der Waals surface area contributed by atoms with Crippen LogP contribution in [0.15, 0.2) is 48.5 Å². The van der Waals surface area contributed by atoms with Gasteiger partial charge in [0.25, 0.3) is 0 Å². The highest BCUT2D eigenvalue weighted by atomic mass is 16.5. The third kappa shape index (κ3) is 4.79. The van der Waals surface area contributed by atoms with Crippen LogP contribution in [0.1, 0.15) is 37.7 Å². The van der Waals surface area contributed by atoms with Crippen molar-refractivity contribution in [1.29, 1.82) is 0 Å². The van der Waals surface area contributed by atoms with E-state index in [0.717, 1.165) is 56.8 Å². The molecule has 1 heterocycles. The van der Waals surface area contributed by atoms with E-state index in [1.807, 2.05) is 0 Å². The molecular weight excluding hydrogens is 348 g/mol. The number of rotatable bonds is 6. The molecule has 1 saturated carbocycles. The predicted octanol–water partition coefficient (Wildman–Crippen LogP) is 4.43. The van der Waals surface area contributed by atoms with Gasteiger partial charge < -0.3 is 19.7 Å². The normalized spacial score (nSPS) is 20.8. The second kappa shape index (κ2) is 9.33. The highest BCUT2D eigenvalue weighted by Gasteiger charge is 2.21. The van der Waals surface area contributed by atoms with Crippen molar-refractivity contribution in [2.24, 2.45) is 0 Å². The average molecular weight is 381 g/mol. The van der Waals surface area contributed by atoms with Gasteiger partial charge >= 0.3 is 0 Å². The summed E-state index contributed by atoms with van der Waals surface area (Å²) in [5, 5.41) is 3.73. The molecule has 1 saturated heterocycles. The van der Waals surface area contributed by atoms with Crippen molar-refractivity contribution in [3.63, 3.8) is 0 Å². The maximum atomic E-state index is 6.29. The Bertz CT molecular complexity index is 744. The Balaban J connectivity index is 1.42. The highest BCUT2D eigenvalue weighted by Crippen LogP contribution is 2.35. The quantitative estimate of drug-likeness (QED) is 0.804. The van der Waals surface area contributed by atoms with Gasteiger partial charge in [-0.05, 0) is 56.2 Å². The highest BCUT2D eigenvalue weighted by molar-refractivity contribution is 5.56. The van der Waals surface area contributed by atoms with E-state index >= 15 is 0 Å². The van der Waals surface area contributed by atoms with Crippen LogP contribution in [0.2, 0.25) is 0 Å². The van der Waals surface area contributed by atoms with Gasteiger partial charge in [0.15, 0.2) is 11.5 Å². The van der Waals surface area contributed by atoms with Crippen LogP contribution in [0.4, 0.5) is 5.69 Å². The summed E-state index contributed by atoms with van der Waals surface area (Å²) in [6.07, 6.45) is 7.42. The maximum Gasteiger partial charge on any atom is 0.163 e. The smallest absolute Gasteiger partial charge is 0.163 e. The third-order valence-electron chi connectivity index (χ3n) is 6.00. The minimum atomic E-state index is 0.338. The van der Waals surface area contributed by atoms with Crippen molar-refractivity contribution in [1.82, 2.24) is 5.32 Å². The predicted molar refractivity (Wildman–Crippen MR) is 115 cm³/mol. The van der Waals surface area contributed by atoms with Crippen LogP contribution in [0.3, 0.4) is 0 Å².